The van der Waals surface area contributed by atoms with Gasteiger partial charge in [-0.3, -0.25) is 4.79 Å². The Balaban J connectivity index is 1.98. The van der Waals surface area contributed by atoms with E-state index in [0.717, 1.165) is 5.56 Å². The van der Waals surface area contributed by atoms with Crippen LogP contribution >= 0.6 is 0 Å². The molecule has 1 heterocycles. The zero-order chi connectivity index (χ0) is 15.1. The third-order valence-corrected chi connectivity index (χ3v) is 2.57. The molecule has 21 heavy (non-hydrogen) atoms. The molecule has 7 heteroatoms. The lowest BCUT2D eigenvalue weighted by Gasteiger charge is -2.08. The number of nitrogens with zero attached hydrogens (tertiary/aromatic N) is 2. The highest BCUT2D eigenvalue weighted by atomic mass is 16.5. The van der Waals surface area contributed by atoms with Crippen LogP contribution in [0.1, 0.15) is 0 Å². The zero-order valence-electron chi connectivity index (χ0n) is 11.5. The van der Waals surface area contributed by atoms with Crippen molar-refractivity contribution >= 4 is 17.5 Å². The first-order chi connectivity index (χ1) is 10.1. The van der Waals surface area contributed by atoms with Gasteiger partial charge in [-0.15, -0.1) is 0 Å². The second-order valence-electron chi connectivity index (χ2n) is 4.31. The van der Waals surface area contributed by atoms with E-state index in [0.29, 0.717) is 30.6 Å². The van der Waals surface area contributed by atoms with Crippen molar-refractivity contribution in [2.45, 2.75) is 0 Å². The van der Waals surface area contributed by atoms with Crippen molar-refractivity contribution < 1.29 is 9.53 Å². The first kappa shape index (κ1) is 14.7. The van der Waals surface area contributed by atoms with Crippen LogP contribution in [0.4, 0.5) is 11.6 Å². The normalized spacial score (nSPS) is 10.3. The molecule has 7 nitrogen and oxygen atoms in total. The Hall–Kier alpha value is -2.67. The number of benzene rings is 1. The van der Waals surface area contributed by atoms with Crippen LogP contribution in [-0.2, 0) is 9.53 Å². The van der Waals surface area contributed by atoms with Crippen LogP contribution in [0.25, 0.3) is 11.4 Å². The predicted molar refractivity (Wildman–Crippen MR) is 80.4 cm³/mol. The molecule has 0 saturated heterocycles. The number of hydrogen-bond donors (Lipinski definition) is 3. The van der Waals surface area contributed by atoms with Crippen LogP contribution in [0.3, 0.4) is 0 Å². The Bertz CT molecular complexity index is 604. The van der Waals surface area contributed by atoms with Gasteiger partial charge < -0.3 is 21.5 Å². The van der Waals surface area contributed by atoms with E-state index in [4.69, 9.17) is 16.2 Å². The highest BCUT2D eigenvalue weighted by Gasteiger charge is 2.04. The predicted octanol–water partition coefficient (Wildman–Crippen LogP) is 0.640. The molecule has 0 radical (unpaired) electrons. The maximum atomic E-state index is 10.5. The molecule has 0 unspecified atom stereocenters. The summed E-state index contributed by atoms with van der Waals surface area (Å²) in [6.07, 6.45) is 0. The van der Waals surface area contributed by atoms with Crippen LogP contribution < -0.4 is 16.8 Å². The number of nitrogens with two attached hydrogens (primary N) is 2. The minimum Gasteiger partial charge on any atom is -0.384 e. The molecule has 0 aliphatic heterocycles. The van der Waals surface area contributed by atoms with Crippen molar-refractivity contribution in [3.05, 3.63) is 36.4 Å². The minimum absolute atomic E-state index is 0.0944. The van der Waals surface area contributed by atoms with Crippen molar-refractivity contribution in [1.82, 2.24) is 9.97 Å². The molecule has 2 aromatic rings. The molecule has 2 rings (SSSR count). The summed E-state index contributed by atoms with van der Waals surface area (Å²) in [6, 6.07) is 11.2. The van der Waals surface area contributed by atoms with Crippen molar-refractivity contribution in [2.24, 2.45) is 5.73 Å². The summed E-state index contributed by atoms with van der Waals surface area (Å²) in [7, 11) is 0. The van der Waals surface area contributed by atoms with Gasteiger partial charge in [-0.25, -0.2) is 9.97 Å². The molecule has 0 bridgehead atoms. The summed E-state index contributed by atoms with van der Waals surface area (Å²) < 4.78 is 5.05. The Kier molecular flexibility index (Phi) is 5.05. The number of nitrogens with one attached hydrogen (secondary N) is 1. The first-order valence-corrected chi connectivity index (χ1v) is 6.45. The highest BCUT2D eigenvalue weighted by Crippen LogP contribution is 2.18. The Morgan fingerprint density at radius 1 is 1.24 bits per heavy atom. The van der Waals surface area contributed by atoms with Gasteiger partial charge in [0.2, 0.25) is 5.91 Å². The number of carbonyl (C=O) groups excluding carboxylic acids is 1. The quantitative estimate of drug-likeness (QED) is 0.643. The van der Waals surface area contributed by atoms with Gasteiger partial charge in [-0.05, 0) is 0 Å². The SMILES string of the molecule is NC(=O)COCCNc1cc(N)nc(-c2ccccc2)n1. The Morgan fingerprint density at radius 2 is 2.00 bits per heavy atom. The fourth-order valence-electron chi connectivity index (χ4n) is 1.70. The van der Waals surface area contributed by atoms with Crippen LogP contribution in [0.15, 0.2) is 36.4 Å². The number of nitrogen functional groups attached to an aromatic ring is 1. The van der Waals surface area contributed by atoms with Gasteiger partial charge >= 0.3 is 0 Å². The van der Waals surface area contributed by atoms with Crippen molar-refractivity contribution in [3.63, 3.8) is 0 Å². The number of primary amides is 1. The van der Waals surface area contributed by atoms with E-state index in [-0.39, 0.29) is 6.61 Å². The van der Waals surface area contributed by atoms with Crippen molar-refractivity contribution in [1.29, 1.82) is 0 Å². The van der Waals surface area contributed by atoms with E-state index >= 15 is 0 Å². The largest absolute Gasteiger partial charge is 0.384 e. The van der Waals surface area contributed by atoms with Crippen LogP contribution in [0.5, 0.6) is 0 Å². The number of ether oxygens (including phenoxy) is 1. The monoisotopic (exact) mass is 287 g/mol. The fraction of sp³-hybridized carbons (Fsp3) is 0.214. The lowest BCUT2D eigenvalue weighted by atomic mass is 10.2. The molecule has 0 aliphatic carbocycles. The number of aromatic nitrogens is 2. The van der Waals surface area contributed by atoms with Gasteiger partial charge in [0.05, 0.1) is 6.61 Å². The maximum absolute atomic E-state index is 10.5. The Labute approximate surface area is 122 Å². The molecule has 0 spiro atoms. The molecule has 1 aromatic carbocycles. The van der Waals surface area contributed by atoms with E-state index in [1.165, 1.54) is 0 Å². The third kappa shape index (κ3) is 4.73. The van der Waals surface area contributed by atoms with Crippen LogP contribution in [0, 0.1) is 0 Å². The van der Waals surface area contributed by atoms with Gasteiger partial charge in [-0.2, -0.15) is 0 Å². The van der Waals surface area contributed by atoms with Gasteiger partial charge in [0.25, 0.3) is 0 Å². The highest BCUT2D eigenvalue weighted by molar-refractivity contribution is 5.74. The van der Waals surface area contributed by atoms with Gasteiger partial charge in [0, 0.05) is 18.2 Å². The summed E-state index contributed by atoms with van der Waals surface area (Å²) in [6.45, 7) is 0.730. The summed E-state index contributed by atoms with van der Waals surface area (Å²) >= 11 is 0. The van der Waals surface area contributed by atoms with E-state index < -0.39 is 5.91 Å². The average molecular weight is 287 g/mol. The maximum Gasteiger partial charge on any atom is 0.243 e. The summed E-state index contributed by atoms with van der Waals surface area (Å²) in [4.78, 5) is 19.1. The van der Waals surface area contributed by atoms with Crippen molar-refractivity contribution in [3.8, 4) is 11.4 Å². The smallest absolute Gasteiger partial charge is 0.243 e. The lowest BCUT2D eigenvalue weighted by Crippen LogP contribution is -2.20. The van der Waals surface area contributed by atoms with Crippen LogP contribution in [0.2, 0.25) is 0 Å². The Morgan fingerprint density at radius 3 is 2.71 bits per heavy atom. The molecule has 1 aromatic heterocycles. The molecule has 0 saturated carbocycles. The number of amides is 1. The molecule has 0 atom stereocenters. The van der Waals surface area contributed by atoms with E-state index in [1.54, 1.807) is 6.07 Å². The van der Waals surface area contributed by atoms with E-state index in [1.807, 2.05) is 30.3 Å². The zero-order valence-corrected chi connectivity index (χ0v) is 11.5. The molecule has 110 valence electrons. The number of anilines is 2. The molecule has 1 amide bonds. The van der Waals surface area contributed by atoms with Crippen LogP contribution in [-0.4, -0.2) is 35.6 Å². The van der Waals surface area contributed by atoms with E-state index in [9.17, 15) is 4.79 Å². The van der Waals surface area contributed by atoms with Gasteiger partial charge in [-0.1, -0.05) is 30.3 Å². The lowest BCUT2D eigenvalue weighted by molar-refractivity contribution is -0.122. The van der Waals surface area contributed by atoms with E-state index in [2.05, 4.69) is 15.3 Å². The first-order valence-electron chi connectivity index (χ1n) is 6.45. The third-order valence-electron chi connectivity index (χ3n) is 2.57. The fourth-order valence-corrected chi connectivity index (χ4v) is 1.70. The number of hydrogen-bond acceptors (Lipinski definition) is 6. The minimum atomic E-state index is -0.493. The summed E-state index contributed by atoms with van der Waals surface area (Å²) in [5, 5.41) is 3.06. The average Bonchev–Trinajstić information content (AvgIpc) is 2.47. The summed E-state index contributed by atoms with van der Waals surface area (Å²) in [5.41, 5.74) is 11.6. The molecule has 0 fully saturated rings. The number of rotatable bonds is 7. The number of carbonyl (C=O) groups is 1. The second kappa shape index (κ2) is 7.20. The topological polar surface area (TPSA) is 116 Å². The molecular weight excluding hydrogens is 270 g/mol. The second-order valence-corrected chi connectivity index (χ2v) is 4.31. The van der Waals surface area contributed by atoms with Crippen molar-refractivity contribution in [2.75, 3.05) is 30.8 Å². The molecular formula is C14H17N5O2. The summed E-state index contributed by atoms with van der Waals surface area (Å²) in [5.74, 6) is 1.04. The standard InChI is InChI=1S/C14H17N5O2/c15-11-8-13(17-6-7-21-9-12(16)20)19-14(18-11)10-4-2-1-3-5-10/h1-5,8H,6-7,9H2,(H2,16,20)(H3,15,17,18,19). The van der Waals surface area contributed by atoms with Gasteiger partial charge in [0.1, 0.15) is 18.2 Å². The molecule has 0 aliphatic rings. The van der Waals surface area contributed by atoms with Gasteiger partial charge in [0.15, 0.2) is 5.82 Å². The molecule has 5 N–H and O–H groups in total.